The maximum absolute atomic E-state index is 5.82. The average Bonchev–Trinajstić information content (AvgIpc) is 2.77. The molecule has 0 bridgehead atoms. The molecule has 0 aromatic heterocycles. The van der Waals surface area contributed by atoms with Crippen LogP contribution in [0.4, 0.5) is 0 Å². The number of nitrogens with zero attached hydrogens (tertiary/aromatic N) is 1. The first kappa shape index (κ1) is 17.9. The number of rotatable bonds is 5. The fourth-order valence-electron chi connectivity index (χ4n) is 2.36. The third-order valence-electron chi connectivity index (χ3n) is 3.13. The molecule has 2 unspecified atom stereocenters. The van der Waals surface area contributed by atoms with Crippen molar-refractivity contribution < 1.29 is 4.74 Å². The highest BCUT2D eigenvalue weighted by Gasteiger charge is 2.31. The first-order valence-electron chi connectivity index (χ1n) is 7.33. The molecule has 1 rings (SSSR count). The minimum absolute atomic E-state index is 0.189. The van der Waals surface area contributed by atoms with Crippen molar-refractivity contribution in [2.24, 2.45) is 0 Å². The lowest BCUT2D eigenvalue weighted by Gasteiger charge is -2.35. The SMILES string of the molecule is C=CNC1CCCC1N(C)C(=C)OC(C)(C)C.CC. The van der Waals surface area contributed by atoms with Crippen molar-refractivity contribution >= 4 is 0 Å². The summed E-state index contributed by atoms with van der Waals surface area (Å²) < 4.78 is 5.82. The molecule has 112 valence electrons. The minimum Gasteiger partial charge on any atom is -0.474 e. The van der Waals surface area contributed by atoms with Gasteiger partial charge in [-0.25, -0.2) is 0 Å². The van der Waals surface area contributed by atoms with E-state index in [-0.39, 0.29) is 5.60 Å². The first-order chi connectivity index (χ1) is 8.85. The molecule has 0 aromatic rings. The molecule has 1 N–H and O–H groups in total. The molecule has 0 aromatic carbocycles. The van der Waals surface area contributed by atoms with Crippen LogP contribution < -0.4 is 5.32 Å². The molecule has 1 aliphatic rings. The van der Waals surface area contributed by atoms with E-state index in [2.05, 4.69) is 30.4 Å². The van der Waals surface area contributed by atoms with Gasteiger partial charge < -0.3 is 15.0 Å². The third-order valence-corrected chi connectivity index (χ3v) is 3.13. The van der Waals surface area contributed by atoms with Gasteiger partial charge in [0.05, 0.1) is 6.04 Å². The Balaban J connectivity index is 0.00000154. The van der Waals surface area contributed by atoms with Crippen molar-refractivity contribution in [1.29, 1.82) is 0 Å². The molecule has 0 saturated heterocycles. The second-order valence-electron chi connectivity index (χ2n) is 5.69. The second-order valence-corrected chi connectivity index (χ2v) is 5.69. The van der Waals surface area contributed by atoms with Crippen molar-refractivity contribution in [3.8, 4) is 0 Å². The number of hydrogen-bond acceptors (Lipinski definition) is 3. The molecule has 0 radical (unpaired) electrons. The van der Waals surface area contributed by atoms with Crippen LogP contribution in [0.1, 0.15) is 53.9 Å². The summed E-state index contributed by atoms with van der Waals surface area (Å²) in [5, 5.41) is 3.32. The molecule has 1 aliphatic carbocycles. The Labute approximate surface area is 119 Å². The van der Waals surface area contributed by atoms with Crippen LogP contribution in [0.25, 0.3) is 0 Å². The summed E-state index contributed by atoms with van der Waals surface area (Å²) in [6.45, 7) is 17.9. The Bertz CT molecular complexity index is 281. The fourth-order valence-corrected chi connectivity index (χ4v) is 2.36. The van der Waals surface area contributed by atoms with E-state index in [1.807, 2.05) is 34.6 Å². The van der Waals surface area contributed by atoms with Gasteiger partial charge in [0.2, 0.25) is 0 Å². The van der Waals surface area contributed by atoms with Gasteiger partial charge >= 0.3 is 0 Å². The standard InChI is InChI=1S/C14H26N2O.C2H6/c1-7-15-12-9-8-10-13(12)16(6)11(2)17-14(3,4)5;1-2/h7,12-13,15H,1-2,8-10H2,3-6H3;1-2H3. The number of ether oxygens (including phenoxy) is 1. The molecule has 2 atom stereocenters. The van der Waals surface area contributed by atoms with Gasteiger partial charge in [0, 0.05) is 13.1 Å². The molecule has 0 amide bonds. The summed E-state index contributed by atoms with van der Waals surface area (Å²) in [4.78, 5) is 2.15. The van der Waals surface area contributed by atoms with Crippen LogP contribution in [0.15, 0.2) is 25.2 Å². The van der Waals surface area contributed by atoms with E-state index in [0.717, 1.165) is 5.88 Å². The normalized spacial score (nSPS) is 22.0. The molecule has 19 heavy (non-hydrogen) atoms. The van der Waals surface area contributed by atoms with Crippen LogP contribution in [0, 0.1) is 0 Å². The second kappa shape index (κ2) is 8.13. The highest BCUT2D eigenvalue weighted by atomic mass is 16.5. The average molecular weight is 268 g/mol. The molecule has 1 saturated carbocycles. The van der Waals surface area contributed by atoms with Gasteiger partial charge in [-0.1, -0.05) is 20.4 Å². The quantitative estimate of drug-likeness (QED) is 0.766. The smallest absolute Gasteiger partial charge is 0.182 e. The number of likely N-dealkylation sites (N-methyl/N-ethyl adjacent to an activating group) is 1. The van der Waals surface area contributed by atoms with Gasteiger partial charge in [-0.15, -0.1) is 0 Å². The van der Waals surface area contributed by atoms with Crippen molar-refractivity contribution in [3.63, 3.8) is 0 Å². The highest BCUT2D eigenvalue weighted by molar-refractivity contribution is 4.98. The summed E-state index contributed by atoms with van der Waals surface area (Å²) >= 11 is 0. The van der Waals surface area contributed by atoms with E-state index in [0.29, 0.717) is 12.1 Å². The summed E-state index contributed by atoms with van der Waals surface area (Å²) in [5.74, 6) is 0.750. The largest absolute Gasteiger partial charge is 0.474 e. The van der Waals surface area contributed by atoms with Crippen molar-refractivity contribution in [2.45, 2.75) is 71.6 Å². The summed E-state index contributed by atoms with van der Waals surface area (Å²) in [5.41, 5.74) is -0.189. The fraction of sp³-hybridized carbons (Fsp3) is 0.750. The van der Waals surface area contributed by atoms with E-state index in [9.17, 15) is 0 Å². The van der Waals surface area contributed by atoms with Crippen LogP contribution in [0.5, 0.6) is 0 Å². The monoisotopic (exact) mass is 268 g/mol. The molecular formula is C16H32N2O. The predicted molar refractivity (Wildman–Crippen MR) is 83.8 cm³/mol. The van der Waals surface area contributed by atoms with E-state index < -0.39 is 0 Å². The predicted octanol–water partition coefficient (Wildman–Crippen LogP) is 3.88. The van der Waals surface area contributed by atoms with Crippen LogP contribution in [-0.4, -0.2) is 29.6 Å². The van der Waals surface area contributed by atoms with Gasteiger partial charge in [0.25, 0.3) is 0 Å². The van der Waals surface area contributed by atoms with Gasteiger partial charge in [0.1, 0.15) is 5.60 Å². The zero-order chi connectivity index (χ0) is 15.1. The highest BCUT2D eigenvalue weighted by Crippen LogP contribution is 2.27. The third kappa shape index (κ3) is 6.04. The summed E-state index contributed by atoms with van der Waals surface area (Å²) in [6.07, 6.45) is 5.38. The molecule has 1 fully saturated rings. The molecule has 3 nitrogen and oxygen atoms in total. The lowest BCUT2D eigenvalue weighted by Crippen LogP contribution is -2.44. The van der Waals surface area contributed by atoms with Gasteiger partial charge in [-0.2, -0.15) is 0 Å². The van der Waals surface area contributed by atoms with Crippen molar-refractivity contribution in [2.75, 3.05) is 7.05 Å². The zero-order valence-corrected chi connectivity index (χ0v) is 13.6. The minimum atomic E-state index is -0.189. The summed E-state index contributed by atoms with van der Waals surface area (Å²) in [7, 11) is 2.06. The van der Waals surface area contributed by atoms with Crippen LogP contribution in [0.3, 0.4) is 0 Å². The molecule has 0 heterocycles. The Morgan fingerprint density at radius 2 is 1.89 bits per heavy atom. The lowest BCUT2D eigenvalue weighted by atomic mass is 10.1. The molecule has 0 aliphatic heterocycles. The van der Waals surface area contributed by atoms with Crippen molar-refractivity contribution in [1.82, 2.24) is 10.2 Å². The maximum Gasteiger partial charge on any atom is 0.182 e. The maximum atomic E-state index is 5.82. The van der Waals surface area contributed by atoms with Crippen LogP contribution >= 0.6 is 0 Å². The van der Waals surface area contributed by atoms with E-state index in [1.54, 1.807) is 6.20 Å². The number of nitrogens with one attached hydrogen (secondary N) is 1. The van der Waals surface area contributed by atoms with E-state index >= 15 is 0 Å². The summed E-state index contributed by atoms with van der Waals surface area (Å²) in [6, 6.07) is 0.903. The van der Waals surface area contributed by atoms with Gasteiger partial charge in [-0.05, 0) is 52.8 Å². The van der Waals surface area contributed by atoms with Crippen LogP contribution in [0.2, 0.25) is 0 Å². The first-order valence-corrected chi connectivity index (χ1v) is 7.33. The van der Waals surface area contributed by atoms with E-state index in [4.69, 9.17) is 4.74 Å². The Morgan fingerprint density at radius 3 is 2.37 bits per heavy atom. The van der Waals surface area contributed by atoms with Gasteiger partial charge in [-0.3, -0.25) is 0 Å². The van der Waals surface area contributed by atoms with Crippen molar-refractivity contribution in [3.05, 3.63) is 25.2 Å². The molecule has 3 heteroatoms. The molecule has 0 spiro atoms. The Kier molecular flexibility index (Phi) is 7.65. The zero-order valence-electron chi connectivity index (χ0n) is 13.6. The topological polar surface area (TPSA) is 24.5 Å². The Hall–Kier alpha value is -1.12. The van der Waals surface area contributed by atoms with Gasteiger partial charge in [0.15, 0.2) is 5.88 Å². The van der Waals surface area contributed by atoms with E-state index in [1.165, 1.54) is 19.3 Å². The number of hydrogen-bond donors (Lipinski definition) is 1. The lowest BCUT2D eigenvalue weighted by molar-refractivity contribution is -0.00254. The van der Waals surface area contributed by atoms with Crippen LogP contribution in [-0.2, 0) is 4.74 Å². The molecular weight excluding hydrogens is 236 g/mol. The Morgan fingerprint density at radius 1 is 1.32 bits per heavy atom.